The maximum Gasteiger partial charge on any atom is 0.407 e. The molecule has 4 N–H and O–H groups in total. The van der Waals surface area contributed by atoms with E-state index in [-0.39, 0.29) is 23.7 Å². The van der Waals surface area contributed by atoms with Gasteiger partial charge in [-0.2, -0.15) is 5.21 Å². The van der Waals surface area contributed by atoms with Crippen molar-refractivity contribution in [1.29, 1.82) is 0 Å². The highest BCUT2D eigenvalue weighted by Crippen LogP contribution is 2.29. The average molecular weight is 639 g/mol. The van der Waals surface area contributed by atoms with Crippen LogP contribution in [0.15, 0.2) is 67.0 Å². The molecule has 5 rings (SSSR count). The number of tetrazole rings is 1. The molecule has 1 saturated carbocycles. The van der Waals surface area contributed by atoms with Crippen LogP contribution in [0.4, 0.5) is 10.5 Å². The van der Waals surface area contributed by atoms with Gasteiger partial charge < -0.3 is 20.7 Å². The Hall–Kier alpha value is -5.13. The molecule has 0 radical (unpaired) electrons. The van der Waals surface area contributed by atoms with Gasteiger partial charge in [0.15, 0.2) is 0 Å². The van der Waals surface area contributed by atoms with E-state index >= 15 is 0 Å². The molecule has 1 aliphatic carbocycles. The summed E-state index contributed by atoms with van der Waals surface area (Å²) in [7, 11) is 0. The Balaban J connectivity index is 1.25. The van der Waals surface area contributed by atoms with Gasteiger partial charge in [-0.1, -0.05) is 24.3 Å². The number of amides is 3. The van der Waals surface area contributed by atoms with Crippen LogP contribution in [0.5, 0.6) is 0 Å². The highest BCUT2D eigenvalue weighted by molar-refractivity contribution is 5.97. The molecule has 0 aliphatic heterocycles. The van der Waals surface area contributed by atoms with Crippen LogP contribution in [0.1, 0.15) is 57.6 Å². The van der Waals surface area contributed by atoms with Crippen LogP contribution < -0.4 is 16.0 Å². The second-order valence-electron chi connectivity index (χ2n) is 13.1. The molecule has 2 aromatic carbocycles. The van der Waals surface area contributed by atoms with Crippen LogP contribution in [0.2, 0.25) is 0 Å². The highest BCUT2D eigenvalue weighted by atomic mass is 16.6. The van der Waals surface area contributed by atoms with Crippen LogP contribution in [-0.4, -0.2) is 61.7 Å². The number of aryl methyl sites for hydroxylation is 1. The Morgan fingerprint density at radius 3 is 2.45 bits per heavy atom. The Morgan fingerprint density at radius 1 is 1.00 bits per heavy atom. The minimum atomic E-state index is -0.806. The van der Waals surface area contributed by atoms with Crippen LogP contribution in [0.3, 0.4) is 0 Å². The van der Waals surface area contributed by atoms with Crippen molar-refractivity contribution in [1.82, 2.24) is 36.2 Å². The first-order valence-corrected chi connectivity index (χ1v) is 16.0. The van der Waals surface area contributed by atoms with E-state index in [0.717, 1.165) is 40.7 Å². The van der Waals surface area contributed by atoms with Crippen molar-refractivity contribution >= 4 is 23.6 Å². The Morgan fingerprint density at radius 2 is 1.77 bits per heavy atom. The second kappa shape index (κ2) is 15.0. The van der Waals surface area contributed by atoms with Crippen molar-refractivity contribution in [2.24, 2.45) is 11.8 Å². The zero-order valence-electron chi connectivity index (χ0n) is 27.2. The fourth-order valence-corrected chi connectivity index (χ4v) is 5.78. The van der Waals surface area contributed by atoms with Crippen molar-refractivity contribution in [2.45, 2.75) is 71.4 Å². The SMILES string of the molecule is Cc1cnccc1-c1cccc(CC(NC(=O)C2CCC(CNC(=O)OC(C)(C)C)CC2)C(=O)Nc2ccc(-c3nn[nH]n3)cc2)c1. The first-order valence-electron chi connectivity index (χ1n) is 16.0. The summed E-state index contributed by atoms with van der Waals surface area (Å²) in [6, 6.07) is 16.3. The van der Waals surface area contributed by atoms with E-state index in [0.29, 0.717) is 37.3 Å². The number of hydrogen-bond donors (Lipinski definition) is 4. The predicted octanol–water partition coefficient (Wildman–Crippen LogP) is 5.23. The zero-order chi connectivity index (χ0) is 33.4. The van der Waals surface area contributed by atoms with Crippen molar-refractivity contribution in [3.8, 4) is 22.5 Å². The fourth-order valence-electron chi connectivity index (χ4n) is 5.78. The molecule has 12 heteroatoms. The molecule has 12 nitrogen and oxygen atoms in total. The second-order valence-corrected chi connectivity index (χ2v) is 13.1. The van der Waals surface area contributed by atoms with Crippen molar-refractivity contribution < 1.29 is 19.1 Å². The maximum absolute atomic E-state index is 13.7. The third-order valence-electron chi connectivity index (χ3n) is 8.24. The number of hydrogen-bond acceptors (Lipinski definition) is 8. The molecule has 0 bridgehead atoms. The van der Waals surface area contributed by atoms with E-state index in [1.165, 1.54) is 0 Å². The summed E-state index contributed by atoms with van der Waals surface area (Å²) >= 11 is 0. The van der Waals surface area contributed by atoms with Gasteiger partial charge in [0.25, 0.3) is 0 Å². The number of carbonyl (C=O) groups is 3. The number of nitrogens with zero attached hydrogens (tertiary/aromatic N) is 4. The monoisotopic (exact) mass is 638 g/mol. The zero-order valence-corrected chi connectivity index (χ0v) is 27.2. The van der Waals surface area contributed by atoms with Crippen LogP contribution >= 0.6 is 0 Å². The minimum absolute atomic E-state index is 0.141. The minimum Gasteiger partial charge on any atom is -0.444 e. The van der Waals surface area contributed by atoms with Gasteiger partial charge in [0, 0.05) is 42.5 Å². The van der Waals surface area contributed by atoms with Crippen molar-refractivity contribution in [2.75, 3.05) is 11.9 Å². The molecule has 0 spiro atoms. The number of benzene rings is 2. The highest BCUT2D eigenvalue weighted by Gasteiger charge is 2.30. The predicted molar refractivity (Wildman–Crippen MR) is 178 cm³/mol. The lowest BCUT2D eigenvalue weighted by Crippen LogP contribution is -2.48. The van der Waals surface area contributed by atoms with Crippen LogP contribution in [0.25, 0.3) is 22.5 Å². The largest absolute Gasteiger partial charge is 0.444 e. The smallest absolute Gasteiger partial charge is 0.407 e. The molecule has 1 aliphatic rings. The van der Waals surface area contributed by atoms with Crippen molar-refractivity contribution in [3.05, 3.63) is 78.1 Å². The lowest BCUT2D eigenvalue weighted by molar-refractivity contribution is -0.130. The number of nitrogens with one attached hydrogen (secondary N) is 4. The fraction of sp³-hybridized carbons (Fsp3) is 0.400. The lowest BCUT2D eigenvalue weighted by atomic mass is 9.81. The summed E-state index contributed by atoms with van der Waals surface area (Å²) in [5.74, 6) is 0.0416. The molecule has 1 atom stereocenters. The van der Waals surface area contributed by atoms with Gasteiger partial charge in [-0.25, -0.2) is 4.79 Å². The third-order valence-corrected chi connectivity index (χ3v) is 8.24. The van der Waals surface area contributed by atoms with Gasteiger partial charge in [0.05, 0.1) is 0 Å². The van der Waals surface area contributed by atoms with Gasteiger partial charge >= 0.3 is 6.09 Å². The number of pyridine rings is 1. The van der Waals surface area contributed by atoms with Gasteiger partial charge in [-0.3, -0.25) is 14.6 Å². The Bertz CT molecular complexity index is 1660. The quantitative estimate of drug-likeness (QED) is 0.183. The summed E-state index contributed by atoms with van der Waals surface area (Å²) in [5.41, 5.74) is 4.83. The summed E-state index contributed by atoms with van der Waals surface area (Å²) in [6.45, 7) is 8.01. The molecular formula is C35H42N8O4. The van der Waals surface area contributed by atoms with Crippen LogP contribution in [-0.2, 0) is 20.7 Å². The third kappa shape index (κ3) is 9.44. The molecule has 246 valence electrons. The number of aromatic nitrogens is 5. The maximum atomic E-state index is 13.7. The molecule has 0 saturated heterocycles. The van der Waals surface area contributed by atoms with Gasteiger partial charge in [-0.05, 0) is 117 Å². The average Bonchev–Trinajstić information content (AvgIpc) is 3.59. The number of anilines is 1. The van der Waals surface area contributed by atoms with Gasteiger partial charge in [0.2, 0.25) is 17.6 Å². The standard InChI is InChI=1S/C35H42N8O4/c1-22-20-36-17-16-29(22)27-7-5-6-24(18-27)19-30(33(45)38-28-14-12-25(13-15-28)31-40-42-43-41-31)39-32(44)26-10-8-23(9-11-26)21-37-34(46)47-35(2,3)4/h5-7,12-18,20,23,26,30H,8-11,19,21H2,1-4H3,(H,37,46)(H,38,45)(H,39,44)(H,40,41,42,43). The van der Waals surface area contributed by atoms with E-state index in [2.05, 4.69) is 47.6 Å². The number of H-pyrrole nitrogens is 1. The van der Waals surface area contributed by atoms with Gasteiger partial charge in [0.1, 0.15) is 11.6 Å². The van der Waals surface area contributed by atoms with E-state index in [4.69, 9.17) is 4.74 Å². The number of rotatable bonds is 10. The van der Waals surface area contributed by atoms with E-state index in [9.17, 15) is 14.4 Å². The van der Waals surface area contributed by atoms with E-state index < -0.39 is 17.7 Å². The summed E-state index contributed by atoms with van der Waals surface area (Å²) in [6.07, 6.45) is 6.41. The molecule has 4 aromatic rings. The summed E-state index contributed by atoms with van der Waals surface area (Å²) < 4.78 is 5.34. The first-order chi connectivity index (χ1) is 22.5. The van der Waals surface area contributed by atoms with Gasteiger partial charge in [-0.15, -0.1) is 10.2 Å². The molecule has 3 amide bonds. The Labute approximate surface area is 274 Å². The normalized spacial score (nSPS) is 16.9. The molecule has 2 aromatic heterocycles. The number of carbonyl (C=O) groups excluding carboxylic acids is 3. The Kier molecular flexibility index (Phi) is 10.6. The van der Waals surface area contributed by atoms with E-state index in [1.54, 1.807) is 30.5 Å². The summed E-state index contributed by atoms with van der Waals surface area (Å²) in [5, 5.41) is 22.9. The molecule has 1 fully saturated rings. The number of ether oxygens (including phenoxy) is 1. The molecule has 2 heterocycles. The summed E-state index contributed by atoms with van der Waals surface area (Å²) in [4.78, 5) is 43.6. The van der Waals surface area contributed by atoms with Crippen LogP contribution in [0, 0.1) is 18.8 Å². The first kappa shape index (κ1) is 33.2. The topological polar surface area (TPSA) is 164 Å². The van der Waals surface area contributed by atoms with E-state index in [1.807, 2.05) is 58.2 Å². The number of aromatic amines is 1. The number of alkyl carbamates (subject to hydrolysis) is 1. The molecule has 47 heavy (non-hydrogen) atoms. The lowest BCUT2D eigenvalue weighted by Gasteiger charge is -2.29. The molecular weight excluding hydrogens is 596 g/mol. The van der Waals surface area contributed by atoms with Crippen molar-refractivity contribution in [3.63, 3.8) is 0 Å². The molecule has 1 unspecified atom stereocenters.